The molecule has 3 rings (SSSR count). The average Bonchev–Trinajstić information content (AvgIpc) is 2.48. The standard InChI is InChI=1S/C16H21N3O/c1-11-8-13-14(9-18-11)15(17)2-3-16(13)19-6-4-12(10-20)5-7-19/h2-3,8-9,12,20H,4-7,10,17H2,1H3. The highest BCUT2D eigenvalue weighted by atomic mass is 16.3. The van der Waals surface area contributed by atoms with Crippen LogP contribution in [0.1, 0.15) is 18.5 Å². The van der Waals surface area contributed by atoms with Gasteiger partial charge in [-0.05, 0) is 43.9 Å². The lowest BCUT2D eigenvalue weighted by Gasteiger charge is -2.33. The molecule has 1 aliphatic rings. The third-order valence-electron chi connectivity index (χ3n) is 4.26. The Bertz CT molecular complexity index is 618. The molecule has 20 heavy (non-hydrogen) atoms. The Morgan fingerprint density at radius 3 is 2.75 bits per heavy atom. The van der Waals surface area contributed by atoms with Gasteiger partial charge in [-0.3, -0.25) is 4.98 Å². The fraction of sp³-hybridized carbons (Fsp3) is 0.438. The van der Waals surface area contributed by atoms with Gasteiger partial charge in [-0.2, -0.15) is 0 Å². The number of benzene rings is 1. The van der Waals surface area contributed by atoms with Crippen molar-refractivity contribution in [2.45, 2.75) is 19.8 Å². The largest absolute Gasteiger partial charge is 0.398 e. The minimum atomic E-state index is 0.305. The van der Waals surface area contributed by atoms with Crippen molar-refractivity contribution in [1.29, 1.82) is 0 Å². The molecule has 4 nitrogen and oxygen atoms in total. The molecule has 1 aromatic carbocycles. The zero-order valence-electron chi connectivity index (χ0n) is 11.8. The van der Waals surface area contributed by atoms with E-state index in [1.54, 1.807) is 0 Å². The molecular formula is C16H21N3O. The number of pyridine rings is 1. The molecule has 4 heteroatoms. The Balaban J connectivity index is 1.99. The van der Waals surface area contributed by atoms with Crippen molar-refractivity contribution in [2.75, 3.05) is 30.3 Å². The summed E-state index contributed by atoms with van der Waals surface area (Å²) in [7, 11) is 0. The molecule has 1 aromatic heterocycles. The number of nitrogen functional groups attached to an aromatic ring is 1. The van der Waals surface area contributed by atoms with Crippen LogP contribution in [0.25, 0.3) is 10.8 Å². The number of fused-ring (bicyclic) bond motifs is 1. The van der Waals surface area contributed by atoms with E-state index in [-0.39, 0.29) is 0 Å². The molecule has 0 bridgehead atoms. The van der Waals surface area contributed by atoms with Crippen molar-refractivity contribution in [3.05, 3.63) is 30.1 Å². The van der Waals surface area contributed by atoms with Crippen molar-refractivity contribution < 1.29 is 5.11 Å². The number of anilines is 2. The maximum Gasteiger partial charge on any atom is 0.0460 e. The van der Waals surface area contributed by atoms with Crippen LogP contribution >= 0.6 is 0 Å². The lowest BCUT2D eigenvalue weighted by atomic mass is 9.96. The van der Waals surface area contributed by atoms with Crippen LogP contribution in [0.3, 0.4) is 0 Å². The monoisotopic (exact) mass is 271 g/mol. The highest BCUT2D eigenvalue weighted by Crippen LogP contribution is 2.33. The molecule has 0 unspecified atom stereocenters. The van der Waals surface area contributed by atoms with Gasteiger partial charge in [-0.1, -0.05) is 0 Å². The second-order valence-electron chi connectivity index (χ2n) is 5.66. The highest BCUT2D eigenvalue weighted by molar-refractivity contribution is 6.01. The van der Waals surface area contributed by atoms with Gasteiger partial charge < -0.3 is 15.7 Å². The van der Waals surface area contributed by atoms with Gasteiger partial charge >= 0.3 is 0 Å². The molecule has 1 saturated heterocycles. The van der Waals surface area contributed by atoms with E-state index in [2.05, 4.69) is 22.0 Å². The van der Waals surface area contributed by atoms with Crippen LogP contribution in [0.2, 0.25) is 0 Å². The number of nitrogens with two attached hydrogens (primary N) is 1. The summed E-state index contributed by atoms with van der Waals surface area (Å²) in [5, 5.41) is 11.5. The number of nitrogens with zero attached hydrogens (tertiary/aromatic N) is 2. The smallest absolute Gasteiger partial charge is 0.0460 e. The number of piperidine rings is 1. The summed E-state index contributed by atoms with van der Waals surface area (Å²) in [5.74, 6) is 0.453. The fourth-order valence-corrected chi connectivity index (χ4v) is 2.98. The second kappa shape index (κ2) is 5.29. The molecule has 2 heterocycles. The van der Waals surface area contributed by atoms with Gasteiger partial charge in [0.05, 0.1) is 0 Å². The Kier molecular flexibility index (Phi) is 3.49. The van der Waals surface area contributed by atoms with E-state index in [9.17, 15) is 5.11 Å². The molecule has 3 N–H and O–H groups in total. The Labute approximate surface area is 119 Å². The van der Waals surface area contributed by atoms with Gasteiger partial charge in [0.1, 0.15) is 0 Å². The van der Waals surface area contributed by atoms with Crippen LogP contribution in [-0.4, -0.2) is 29.8 Å². The van der Waals surface area contributed by atoms with E-state index in [0.29, 0.717) is 12.5 Å². The molecule has 0 spiro atoms. The number of hydrogen-bond acceptors (Lipinski definition) is 4. The molecule has 0 radical (unpaired) electrons. The summed E-state index contributed by atoms with van der Waals surface area (Å²) in [6.07, 6.45) is 3.96. The van der Waals surface area contributed by atoms with E-state index in [1.165, 1.54) is 11.1 Å². The van der Waals surface area contributed by atoms with Crippen LogP contribution in [-0.2, 0) is 0 Å². The van der Waals surface area contributed by atoms with E-state index in [4.69, 9.17) is 5.73 Å². The summed E-state index contributed by atoms with van der Waals surface area (Å²) < 4.78 is 0. The highest BCUT2D eigenvalue weighted by Gasteiger charge is 2.20. The number of hydrogen-bond donors (Lipinski definition) is 2. The third-order valence-corrected chi connectivity index (χ3v) is 4.26. The molecule has 106 valence electrons. The maximum atomic E-state index is 9.25. The molecule has 2 aromatic rings. The van der Waals surface area contributed by atoms with Crippen LogP contribution in [0.5, 0.6) is 0 Å². The number of aliphatic hydroxyl groups is 1. The second-order valence-corrected chi connectivity index (χ2v) is 5.66. The maximum absolute atomic E-state index is 9.25. The van der Waals surface area contributed by atoms with Crippen LogP contribution < -0.4 is 10.6 Å². The Hall–Kier alpha value is -1.81. The quantitative estimate of drug-likeness (QED) is 0.823. The third kappa shape index (κ3) is 2.31. The summed E-state index contributed by atoms with van der Waals surface area (Å²) in [6, 6.07) is 6.18. The first-order valence-electron chi connectivity index (χ1n) is 7.19. The number of aromatic nitrogens is 1. The van der Waals surface area contributed by atoms with Gasteiger partial charge in [-0.25, -0.2) is 0 Å². The topological polar surface area (TPSA) is 62.4 Å². The van der Waals surface area contributed by atoms with Crippen molar-refractivity contribution >= 4 is 22.1 Å². The van der Waals surface area contributed by atoms with Crippen molar-refractivity contribution in [3.8, 4) is 0 Å². The van der Waals surface area contributed by atoms with E-state index in [1.807, 2.05) is 19.2 Å². The summed E-state index contributed by atoms with van der Waals surface area (Å²) >= 11 is 0. The molecule has 0 aliphatic carbocycles. The molecule has 1 fully saturated rings. The van der Waals surface area contributed by atoms with Gasteiger partial charge in [-0.15, -0.1) is 0 Å². The predicted octanol–water partition coefficient (Wildman–Crippen LogP) is 2.33. The zero-order valence-corrected chi connectivity index (χ0v) is 11.8. The molecule has 1 aliphatic heterocycles. The predicted molar refractivity (Wildman–Crippen MR) is 82.9 cm³/mol. The summed E-state index contributed by atoms with van der Waals surface area (Å²) in [5.41, 5.74) is 9.08. The zero-order chi connectivity index (χ0) is 14.1. The molecule has 0 amide bonds. The van der Waals surface area contributed by atoms with Crippen molar-refractivity contribution in [1.82, 2.24) is 4.98 Å². The van der Waals surface area contributed by atoms with Crippen LogP contribution in [0, 0.1) is 12.8 Å². The van der Waals surface area contributed by atoms with Crippen molar-refractivity contribution in [2.24, 2.45) is 5.92 Å². The van der Waals surface area contributed by atoms with E-state index < -0.39 is 0 Å². The first-order valence-corrected chi connectivity index (χ1v) is 7.19. The Morgan fingerprint density at radius 1 is 1.30 bits per heavy atom. The summed E-state index contributed by atoms with van der Waals surface area (Å²) in [4.78, 5) is 6.74. The van der Waals surface area contributed by atoms with Crippen LogP contribution in [0.15, 0.2) is 24.4 Å². The van der Waals surface area contributed by atoms with E-state index >= 15 is 0 Å². The van der Waals surface area contributed by atoms with Gasteiger partial charge in [0.2, 0.25) is 0 Å². The Morgan fingerprint density at radius 2 is 2.05 bits per heavy atom. The number of aryl methyl sites for hydroxylation is 1. The molecular weight excluding hydrogens is 250 g/mol. The minimum Gasteiger partial charge on any atom is -0.398 e. The molecule has 0 atom stereocenters. The minimum absolute atomic E-state index is 0.305. The van der Waals surface area contributed by atoms with E-state index in [0.717, 1.165) is 42.7 Å². The van der Waals surface area contributed by atoms with Crippen molar-refractivity contribution in [3.63, 3.8) is 0 Å². The van der Waals surface area contributed by atoms with Gasteiger partial charge in [0.25, 0.3) is 0 Å². The molecule has 0 saturated carbocycles. The SMILES string of the molecule is Cc1cc2c(N3CCC(CO)CC3)ccc(N)c2cn1. The fourth-order valence-electron chi connectivity index (χ4n) is 2.98. The average molecular weight is 271 g/mol. The van der Waals surface area contributed by atoms with Gasteiger partial charge in [0, 0.05) is 53.7 Å². The first-order chi connectivity index (χ1) is 9.69. The van der Waals surface area contributed by atoms with Gasteiger partial charge in [0.15, 0.2) is 0 Å². The summed E-state index contributed by atoms with van der Waals surface area (Å²) in [6.45, 7) is 4.29. The number of rotatable bonds is 2. The first kappa shape index (κ1) is 13.2. The normalized spacial score (nSPS) is 16.8. The van der Waals surface area contributed by atoms with Crippen LogP contribution in [0.4, 0.5) is 11.4 Å². The number of aliphatic hydroxyl groups excluding tert-OH is 1. The lowest BCUT2D eigenvalue weighted by molar-refractivity contribution is 0.203. The lowest BCUT2D eigenvalue weighted by Crippen LogP contribution is -2.34.